The Morgan fingerprint density at radius 3 is 2.59 bits per heavy atom. The average Bonchev–Trinajstić information content (AvgIpc) is 3.28. The molecule has 22 heavy (non-hydrogen) atoms. The first-order valence-corrected chi connectivity index (χ1v) is 8.37. The van der Waals surface area contributed by atoms with E-state index in [0.717, 1.165) is 25.0 Å². The molecule has 4 nitrogen and oxygen atoms in total. The molecular formula is C18H26N2O2. The maximum Gasteiger partial charge on any atom is 0.223 e. The Morgan fingerprint density at radius 1 is 1.27 bits per heavy atom. The summed E-state index contributed by atoms with van der Waals surface area (Å²) >= 11 is 0. The second-order valence-corrected chi connectivity index (χ2v) is 6.63. The topological polar surface area (TPSA) is 64.3 Å². The van der Waals surface area contributed by atoms with Crippen LogP contribution in [0.5, 0.6) is 5.75 Å². The molecule has 2 aliphatic carbocycles. The zero-order chi connectivity index (χ0) is 15.5. The second-order valence-electron chi connectivity index (χ2n) is 6.63. The molecular weight excluding hydrogens is 276 g/mol. The Labute approximate surface area is 132 Å². The van der Waals surface area contributed by atoms with Crippen LogP contribution >= 0.6 is 0 Å². The van der Waals surface area contributed by atoms with Crippen molar-refractivity contribution >= 4 is 5.91 Å². The Kier molecular flexibility index (Phi) is 4.67. The van der Waals surface area contributed by atoms with Crippen LogP contribution in [0.1, 0.15) is 43.7 Å². The van der Waals surface area contributed by atoms with Gasteiger partial charge in [-0.25, -0.2) is 0 Å². The van der Waals surface area contributed by atoms with Crippen LogP contribution in [0.4, 0.5) is 0 Å². The molecule has 3 N–H and O–H groups in total. The molecule has 0 spiro atoms. The predicted molar refractivity (Wildman–Crippen MR) is 86.5 cm³/mol. The lowest BCUT2D eigenvalue weighted by molar-refractivity contribution is -0.126. The van der Waals surface area contributed by atoms with Gasteiger partial charge in [0.2, 0.25) is 5.91 Å². The van der Waals surface area contributed by atoms with Crippen molar-refractivity contribution in [3.05, 3.63) is 29.8 Å². The van der Waals surface area contributed by atoms with E-state index in [9.17, 15) is 4.79 Å². The van der Waals surface area contributed by atoms with E-state index >= 15 is 0 Å². The lowest BCUT2D eigenvalue weighted by Gasteiger charge is -2.24. The van der Waals surface area contributed by atoms with Crippen LogP contribution in [0.2, 0.25) is 0 Å². The van der Waals surface area contributed by atoms with E-state index in [0.29, 0.717) is 18.4 Å². The van der Waals surface area contributed by atoms with E-state index in [1.807, 2.05) is 12.1 Å². The minimum atomic E-state index is 0.101. The number of hydrogen-bond acceptors (Lipinski definition) is 3. The van der Waals surface area contributed by atoms with Gasteiger partial charge in [0, 0.05) is 5.92 Å². The van der Waals surface area contributed by atoms with Crippen LogP contribution in [-0.2, 0) is 4.79 Å². The lowest BCUT2D eigenvalue weighted by atomic mass is 9.94. The Morgan fingerprint density at radius 2 is 2.00 bits per heavy atom. The Hall–Kier alpha value is -1.55. The summed E-state index contributed by atoms with van der Waals surface area (Å²) in [5, 5.41) is 3.30. The van der Waals surface area contributed by atoms with Crippen LogP contribution in [0, 0.1) is 17.8 Å². The normalized spacial score (nSPS) is 25.7. The van der Waals surface area contributed by atoms with E-state index in [2.05, 4.69) is 17.4 Å². The first-order chi connectivity index (χ1) is 10.7. The predicted octanol–water partition coefficient (Wildman–Crippen LogP) is 2.64. The maximum absolute atomic E-state index is 12.7. The van der Waals surface area contributed by atoms with Gasteiger partial charge in [-0.1, -0.05) is 18.6 Å². The van der Waals surface area contributed by atoms with Gasteiger partial charge in [0.15, 0.2) is 0 Å². The summed E-state index contributed by atoms with van der Waals surface area (Å²) in [6, 6.07) is 8.20. The Bertz CT molecular complexity index is 510. The molecule has 0 bridgehead atoms. The summed E-state index contributed by atoms with van der Waals surface area (Å²) in [6.45, 7) is 0.620. The molecule has 120 valence electrons. The molecule has 3 atom stereocenters. The van der Waals surface area contributed by atoms with Crippen molar-refractivity contribution in [2.24, 2.45) is 23.5 Å². The van der Waals surface area contributed by atoms with E-state index in [4.69, 9.17) is 10.5 Å². The van der Waals surface area contributed by atoms with Crippen molar-refractivity contribution in [2.45, 2.75) is 38.1 Å². The van der Waals surface area contributed by atoms with Gasteiger partial charge in [-0.05, 0) is 61.8 Å². The summed E-state index contributed by atoms with van der Waals surface area (Å²) in [4.78, 5) is 12.7. The third-order valence-electron chi connectivity index (χ3n) is 5.16. The highest BCUT2D eigenvalue weighted by Gasteiger charge is 2.37. The molecule has 2 saturated carbocycles. The fraction of sp³-hybridized carbons (Fsp3) is 0.611. The largest absolute Gasteiger partial charge is 0.497 e. The van der Waals surface area contributed by atoms with Crippen LogP contribution in [0.3, 0.4) is 0 Å². The molecule has 0 aromatic heterocycles. The second kappa shape index (κ2) is 6.69. The number of carbonyl (C=O) groups is 1. The highest BCUT2D eigenvalue weighted by Crippen LogP contribution is 2.42. The molecule has 0 saturated heterocycles. The number of nitrogens with two attached hydrogens (primary N) is 1. The summed E-state index contributed by atoms with van der Waals surface area (Å²) in [5.41, 5.74) is 6.99. The summed E-state index contributed by atoms with van der Waals surface area (Å²) in [6.07, 6.45) is 5.58. The fourth-order valence-corrected chi connectivity index (χ4v) is 3.64. The van der Waals surface area contributed by atoms with Gasteiger partial charge in [-0.2, -0.15) is 0 Å². The van der Waals surface area contributed by atoms with Crippen molar-refractivity contribution in [1.29, 1.82) is 0 Å². The number of benzene rings is 1. The quantitative estimate of drug-likeness (QED) is 0.849. The summed E-state index contributed by atoms with van der Waals surface area (Å²) in [5.74, 6) is 2.08. The highest BCUT2D eigenvalue weighted by atomic mass is 16.5. The van der Waals surface area contributed by atoms with Crippen molar-refractivity contribution in [1.82, 2.24) is 5.32 Å². The SMILES string of the molecule is COc1ccc(C(NC(=O)[C@@H]2CCC[C@@H]2CN)C2CC2)cc1. The van der Waals surface area contributed by atoms with E-state index in [1.54, 1.807) is 7.11 Å². The summed E-state index contributed by atoms with van der Waals surface area (Å²) < 4.78 is 5.21. The minimum Gasteiger partial charge on any atom is -0.497 e. The number of methoxy groups -OCH3 is 1. The van der Waals surface area contributed by atoms with E-state index in [-0.39, 0.29) is 17.9 Å². The van der Waals surface area contributed by atoms with E-state index in [1.165, 1.54) is 18.4 Å². The van der Waals surface area contributed by atoms with Gasteiger partial charge in [-0.3, -0.25) is 4.79 Å². The van der Waals surface area contributed by atoms with Crippen molar-refractivity contribution < 1.29 is 9.53 Å². The molecule has 0 radical (unpaired) electrons. The number of rotatable bonds is 6. The van der Waals surface area contributed by atoms with Gasteiger partial charge in [0.1, 0.15) is 5.75 Å². The number of ether oxygens (including phenoxy) is 1. The molecule has 2 aliphatic rings. The number of amides is 1. The number of carbonyl (C=O) groups excluding carboxylic acids is 1. The van der Waals surface area contributed by atoms with Crippen molar-refractivity contribution in [3.8, 4) is 5.75 Å². The monoisotopic (exact) mass is 302 g/mol. The van der Waals surface area contributed by atoms with Crippen molar-refractivity contribution in [2.75, 3.05) is 13.7 Å². The minimum absolute atomic E-state index is 0.101. The first-order valence-electron chi connectivity index (χ1n) is 8.37. The van der Waals surface area contributed by atoms with E-state index < -0.39 is 0 Å². The van der Waals surface area contributed by atoms with Crippen LogP contribution in [0.15, 0.2) is 24.3 Å². The molecule has 3 rings (SSSR count). The molecule has 1 unspecified atom stereocenters. The third kappa shape index (κ3) is 3.27. The highest BCUT2D eigenvalue weighted by molar-refractivity contribution is 5.79. The maximum atomic E-state index is 12.7. The molecule has 0 heterocycles. The smallest absolute Gasteiger partial charge is 0.223 e. The third-order valence-corrected chi connectivity index (χ3v) is 5.16. The van der Waals surface area contributed by atoms with Crippen LogP contribution in [-0.4, -0.2) is 19.6 Å². The van der Waals surface area contributed by atoms with Crippen molar-refractivity contribution in [3.63, 3.8) is 0 Å². The first kappa shape index (κ1) is 15.3. The summed E-state index contributed by atoms with van der Waals surface area (Å²) in [7, 11) is 1.67. The lowest BCUT2D eigenvalue weighted by Crippen LogP contribution is -2.38. The zero-order valence-electron chi connectivity index (χ0n) is 13.3. The molecule has 1 aromatic carbocycles. The number of hydrogen-bond donors (Lipinski definition) is 2. The van der Waals surface area contributed by atoms with Gasteiger partial charge in [0.05, 0.1) is 13.2 Å². The molecule has 4 heteroatoms. The fourth-order valence-electron chi connectivity index (χ4n) is 3.64. The van der Waals surface area contributed by atoms with Gasteiger partial charge in [0.25, 0.3) is 0 Å². The zero-order valence-corrected chi connectivity index (χ0v) is 13.3. The van der Waals surface area contributed by atoms with Crippen LogP contribution in [0.25, 0.3) is 0 Å². The standard InChI is InChI=1S/C18H26N2O2/c1-22-15-9-7-13(8-10-15)17(12-5-6-12)20-18(21)16-4-2-3-14(16)11-19/h7-10,12,14,16-17H,2-6,11,19H2,1H3,(H,20,21)/t14-,16-,17?/m1/s1. The van der Waals surface area contributed by atoms with Gasteiger partial charge in [-0.15, -0.1) is 0 Å². The average molecular weight is 302 g/mol. The molecule has 1 aromatic rings. The molecule has 2 fully saturated rings. The van der Waals surface area contributed by atoms with Crippen LogP contribution < -0.4 is 15.8 Å². The molecule has 1 amide bonds. The van der Waals surface area contributed by atoms with Gasteiger partial charge < -0.3 is 15.8 Å². The molecule has 0 aliphatic heterocycles. The Balaban J connectivity index is 1.70. The van der Waals surface area contributed by atoms with Gasteiger partial charge >= 0.3 is 0 Å². The number of nitrogens with one attached hydrogen (secondary N) is 1.